The molecule has 1 aliphatic rings. The van der Waals surface area contributed by atoms with Gasteiger partial charge in [-0.2, -0.15) is 0 Å². The van der Waals surface area contributed by atoms with E-state index in [4.69, 9.17) is 0 Å². The lowest BCUT2D eigenvalue weighted by atomic mass is 9.87. The van der Waals surface area contributed by atoms with E-state index in [0.717, 1.165) is 29.7 Å². The van der Waals surface area contributed by atoms with Crippen LogP contribution in [0.3, 0.4) is 0 Å². The maximum absolute atomic E-state index is 10.8. The molecule has 2 atom stereocenters. The predicted molar refractivity (Wildman–Crippen MR) is 79.7 cm³/mol. The standard InChI is InChI=1S/C16H23BrO/c1-2-13-6-5-10-16(18,11-9-13)12-14-7-3-4-8-15(14)17/h3-4,7-8,13,18H,2,5-6,9-12H2,1H3. The van der Waals surface area contributed by atoms with Crippen LogP contribution in [0, 0.1) is 5.92 Å². The highest BCUT2D eigenvalue weighted by Crippen LogP contribution is 2.35. The van der Waals surface area contributed by atoms with Crippen LogP contribution in [0.2, 0.25) is 0 Å². The average molecular weight is 311 g/mol. The van der Waals surface area contributed by atoms with Crippen molar-refractivity contribution in [1.29, 1.82) is 0 Å². The van der Waals surface area contributed by atoms with Gasteiger partial charge in [-0.3, -0.25) is 0 Å². The lowest BCUT2D eigenvalue weighted by Crippen LogP contribution is -2.30. The van der Waals surface area contributed by atoms with Gasteiger partial charge in [0.2, 0.25) is 0 Å². The van der Waals surface area contributed by atoms with Crippen LogP contribution in [0.5, 0.6) is 0 Å². The van der Waals surface area contributed by atoms with Crippen LogP contribution >= 0.6 is 15.9 Å². The molecule has 1 fully saturated rings. The fourth-order valence-electron chi connectivity index (χ4n) is 3.04. The number of halogens is 1. The van der Waals surface area contributed by atoms with Crippen molar-refractivity contribution in [3.05, 3.63) is 34.3 Å². The zero-order valence-electron chi connectivity index (χ0n) is 11.2. The highest BCUT2D eigenvalue weighted by Gasteiger charge is 2.31. The van der Waals surface area contributed by atoms with E-state index in [1.54, 1.807) is 0 Å². The average Bonchev–Trinajstić information content (AvgIpc) is 2.54. The normalized spacial score (nSPS) is 28.9. The van der Waals surface area contributed by atoms with E-state index in [2.05, 4.69) is 41.1 Å². The lowest BCUT2D eigenvalue weighted by molar-refractivity contribution is 0.0240. The first-order chi connectivity index (χ1) is 8.63. The van der Waals surface area contributed by atoms with E-state index >= 15 is 0 Å². The van der Waals surface area contributed by atoms with Gasteiger partial charge in [0.05, 0.1) is 5.60 Å². The van der Waals surface area contributed by atoms with Gasteiger partial charge in [-0.25, -0.2) is 0 Å². The Morgan fingerprint density at radius 2 is 2.06 bits per heavy atom. The molecule has 1 aliphatic carbocycles. The van der Waals surface area contributed by atoms with E-state index in [-0.39, 0.29) is 0 Å². The Hall–Kier alpha value is -0.340. The molecule has 2 rings (SSSR count). The molecule has 100 valence electrons. The van der Waals surface area contributed by atoms with E-state index in [9.17, 15) is 5.11 Å². The smallest absolute Gasteiger partial charge is 0.0688 e. The van der Waals surface area contributed by atoms with E-state index in [0.29, 0.717) is 0 Å². The number of hydrogen-bond donors (Lipinski definition) is 1. The lowest BCUT2D eigenvalue weighted by Gasteiger charge is -2.27. The topological polar surface area (TPSA) is 20.2 Å². The van der Waals surface area contributed by atoms with Crippen LogP contribution < -0.4 is 0 Å². The van der Waals surface area contributed by atoms with E-state index in [1.807, 2.05) is 6.07 Å². The van der Waals surface area contributed by atoms with Crippen molar-refractivity contribution >= 4 is 15.9 Å². The molecule has 2 heteroatoms. The van der Waals surface area contributed by atoms with Crippen molar-refractivity contribution in [2.45, 2.75) is 57.5 Å². The van der Waals surface area contributed by atoms with Crippen molar-refractivity contribution in [2.24, 2.45) is 5.92 Å². The number of benzene rings is 1. The second-order valence-electron chi connectivity index (χ2n) is 5.70. The summed E-state index contributed by atoms with van der Waals surface area (Å²) in [5.74, 6) is 0.818. The van der Waals surface area contributed by atoms with Gasteiger partial charge in [-0.1, -0.05) is 60.3 Å². The van der Waals surface area contributed by atoms with Gasteiger partial charge in [-0.05, 0) is 36.8 Å². The van der Waals surface area contributed by atoms with E-state index < -0.39 is 5.60 Å². The zero-order valence-corrected chi connectivity index (χ0v) is 12.7. The van der Waals surface area contributed by atoms with Crippen LogP contribution in [0.4, 0.5) is 0 Å². The van der Waals surface area contributed by atoms with Gasteiger partial charge in [0.15, 0.2) is 0 Å². The Bertz CT molecular complexity index is 390. The van der Waals surface area contributed by atoms with Gasteiger partial charge < -0.3 is 5.11 Å². The summed E-state index contributed by atoms with van der Waals surface area (Å²) < 4.78 is 1.12. The Morgan fingerprint density at radius 1 is 1.28 bits per heavy atom. The Kier molecular flexibility index (Phi) is 4.85. The van der Waals surface area contributed by atoms with Gasteiger partial charge in [0, 0.05) is 10.9 Å². The molecule has 0 bridgehead atoms. The molecule has 1 N–H and O–H groups in total. The van der Waals surface area contributed by atoms with Crippen LogP contribution in [0.15, 0.2) is 28.7 Å². The quantitative estimate of drug-likeness (QED) is 0.801. The molecule has 2 unspecified atom stereocenters. The zero-order chi connectivity index (χ0) is 13.0. The highest BCUT2D eigenvalue weighted by atomic mass is 79.9. The molecule has 0 heterocycles. The second kappa shape index (κ2) is 6.21. The number of hydrogen-bond acceptors (Lipinski definition) is 1. The summed E-state index contributed by atoms with van der Waals surface area (Å²) in [5, 5.41) is 10.8. The molecule has 0 amide bonds. The molecule has 0 aliphatic heterocycles. The molecular weight excluding hydrogens is 288 g/mol. The third-order valence-electron chi connectivity index (χ3n) is 4.33. The maximum atomic E-state index is 10.8. The minimum atomic E-state index is -0.492. The summed E-state index contributed by atoms with van der Waals surface area (Å²) in [5.41, 5.74) is 0.739. The predicted octanol–water partition coefficient (Wildman–Crippen LogP) is 4.71. The summed E-state index contributed by atoms with van der Waals surface area (Å²) >= 11 is 3.58. The van der Waals surface area contributed by atoms with Crippen molar-refractivity contribution in [3.8, 4) is 0 Å². The number of rotatable bonds is 3. The molecule has 0 radical (unpaired) electrons. The largest absolute Gasteiger partial charge is 0.390 e. The maximum Gasteiger partial charge on any atom is 0.0688 e. The van der Waals surface area contributed by atoms with Crippen molar-refractivity contribution in [2.75, 3.05) is 0 Å². The summed E-state index contributed by atoms with van der Waals surface area (Å²) in [4.78, 5) is 0. The van der Waals surface area contributed by atoms with Crippen LogP contribution in [0.25, 0.3) is 0 Å². The fourth-order valence-corrected chi connectivity index (χ4v) is 3.47. The molecule has 0 aromatic heterocycles. The molecule has 0 saturated heterocycles. The van der Waals surface area contributed by atoms with Crippen LogP contribution in [0.1, 0.15) is 51.0 Å². The van der Waals surface area contributed by atoms with Crippen molar-refractivity contribution < 1.29 is 5.11 Å². The molecule has 1 saturated carbocycles. The Balaban J connectivity index is 2.05. The van der Waals surface area contributed by atoms with Crippen molar-refractivity contribution in [3.63, 3.8) is 0 Å². The second-order valence-corrected chi connectivity index (χ2v) is 6.55. The molecule has 0 spiro atoms. The first kappa shape index (κ1) is 14.1. The first-order valence-corrected chi connectivity index (χ1v) is 7.88. The molecule has 1 nitrogen and oxygen atoms in total. The third-order valence-corrected chi connectivity index (χ3v) is 5.10. The first-order valence-electron chi connectivity index (χ1n) is 7.09. The van der Waals surface area contributed by atoms with E-state index in [1.165, 1.54) is 31.2 Å². The van der Waals surface area contributed by atoms with Crippen LogP contribution in [-0.4, -0.2) is 10.7 Å². The number of aliphatic hydroxyl groups is 1. The van der Waals surface area contributed by atoms with Gasteiger partial charge in [0.1, 0.15) is 0 Å². The van der Waals surface area contributed by atoms with Crippen molar-refractivity contribution in [1.82, 2.24) is 0 Å². The summed E-state index contributed by atoms with van der Waals surface area (Å²) in [7, 11) is 0. The summed E-state index contributed by atoms with van der Waals surface area (Å²) in [6.07, 6.45) is 7.57. The molecule has 1 aromatic carbocycles. The van der Waals surface area contributed by atoms with Gasteiger partial charge in [0.25, 0.3) is 0 Å². The minimum absolute atomic E-state index is 0.492. The molecule has 18 heavy (non-hydrogen) atoms. The third kappa shape index (κ3) is 3.58. The Morgan fingerprint density at radius 3 is 2.78 bits per heavy atom. The summed E-state index contributed by atoms with van der Waals surface area (Å²) in [6, 6.07) is 8.25. The molecular formula is C16H23BrO. The summed E-state index contributed by atoms with van der Waals surface area (Å²) in [6.45, 7) is 2.27. The van der Waals surface area contributed by atoms with Gasteiger partial charge >= 0.3 is 0 Å². The Labute approximate surface area is 119 Å². The fraction of sp³-hybridized carbons (Fsp3) is 0.625. The van der Waals surface area contributed by atoms with Crippen LogP contribution in [-0.2, 0) is 6.42 Å². The monoisotopic (exact) mass is 310 g/mol. The SMILES string of the molecule is CCC1CCCC(O)(Cc2ccccc2Br)CC1. The molecule has 1 aromatic rings. The minimum Gasteiger partial charge on any atom is -0.390 e. The highest BCUT2D eigenvalue weighted by molar-refractivity contribution is 9.10. The van der Waals surface area contributed by atoms with Gasteiger partial charge in [-0.15, -0.1) is 0 Å².